The summed E-state index contributed by atoms with van der Waals surface area (Å²) >= 11 is 0. The smallest absolute Gasteiger partial charge is 0.179 e. The van der Waals surface area contributed by atoms with Crippen LogP contribution in [-0.2, 0) is 7.05 Å². The maximum atomic E-state index is 4.32. The predicted octanol–water partition coefficient (Wildman–Crippen LogP) is 1.16. The molecule has 3 heterocycles. The van der Waals surface area contributed by atoms with Crippen molar-refractivity contribution in [2.75, 3.05) is 0 Å². The van der Waals surface area contributed by atoms with E-state index in [1.54, 1.807) is 17.1 Å². The quantitative estimate of drug-likeness (QED) is 0.549. The molecule has 0 aliphatic heterocycles. The van der Waals surface area contributed by atoms with Crippen LogP contribution in [0.4, 0.5) is 0 Å². The molecule has 18 heavy (non-hydrogen) atoms. The molecule has 86 valence electrons. The van der Waals surface area contributed by atoms with Crippen molar-refractivity contribution in [1.82, 2.24) is 24.7 Å². The van der Waals surface area contributed by atoms with Crippen LogP contribution in [0, 0.1) is 11.8 Å². The Balaban J connectivity index is 1.98. The molecule has 0 N–H and O–H groups in total. The molecular formula is C13H9N5. The maximum Gasteiger partial charge on any atom is 0.179 e. The van der Waals surface area contributed by atoms with E-state index in [1.165, 1.54) is 0 Å². The Morgan fingerprint density at radius 1 is 1.11 bits per heavy atom. The fraction of sp³-hybridized carbons (Fsp3) is 0.0769. The van der Waals surface area contributed by atoms with Crippen LogP contribution in [0.1, 0.15) is 11.4 Å². The van der Waals surface area contributed by atoms with E-state index in [0.717, 1.165) is 5.52 Å². The van der Waals surface area contributed by atoms with Crippen molar-refractivity contribution < 1.29 is 0 Å². The number of pyridine rings is 1. The number of aryl methyl sites for hydroxylation is 1. The van der Waals surface area contributed by atoms with Crippen molar-refractivity contribution in [1.29, 1.82) is 0 Å². The molecule has 0 unspecified atom stereocenters. The first-order valence-corrected chi connectivity index (χ1v) is 5.41. The van der Waals surface area contributed by atoms with Gasteiger partial charge >= 0.3 is 0 Å². The summed E-state index contributed by atoms with van der Waals surface area (Å²) in [6, 6.07) is 5.54. The van der Waals surface area contributed by atoms with Crippen LogP contribution in [0.15, 0.2) is 36.8 Å². The second-order valence-electron chi connectivity index (χ2n) is 3.73. The van der Waals surface area contributed by atoms with Crippen LogP contribution in [0.2, 0.25) is 0 Å². The molecule has 0 aromatic carbocycles. The fourth-order valence-corrected chi connectivity index (χ4v) is 1.52. The highest BCUT2D eigenvalue weighted by Crippen LogP contribution is 2.04. The van der Waals surface area contributed by atoms with Gasteiger partial charge in [-0.3, -0.25) is 4.68 Å². The van der Waals surface area contributed by atoms with Gasteiger partial charge in [0.15, 0.2) is 5.65 Å². The van der Waals surface area contributed by atoms with Crippen molar-refractivity contribution in [3.63, 3.8) is 0 Å². The zero-order chi connectivity index (χ0) is 12.4. The van der Waals surface area contributed by atoms with Crippen molar-refractivity contribution >= 4 is 11.2 Å². The summed E-state index contributed by atoms with van der Waals surface area (Å²) in [5.74, 6) is 5.86. The first-order valence-electron chi connectivity index (χ1n) is 5.41. The van der Waals surface area contributed by atoms with E-state index in [1.807, 2.05) is 31.4 Å². The summed E-state index contributed by atoms with van der Waals surface area (Å²) in [6.45, 7) is 0. The number of hydrogen-bond acceptors (Lipinski definition) is 4. The van der Waals surface area contributed by atoms with Crippen LogP contribution in [0.5, 0.6) is 0 Å². The zero-order valence-electron chi connectivity index (χ0n) is 9.70. The summed E-state index contributed by atoms with van der Waals surface area (Å²) < 4.78 is 1.71. The van der Waals surface area contributed by atoms with Gasteiger partial charge in [-0.25, -0.2) is 15.0 Å². The SMILES string of the molecule is Cn1ccc(C#Cc2cnc3cccnc3n2)n1. The summed E-state index contributed by atoms with van der Waals surface area (Å²) in [7, 11) is 1.85. The second kappa shape index (κ2) is 4.26. The Labute approximate surface area is 104 Å². The summed E-state index contributed by atoms with van der Waals surface area (Å²) in [5, 5.41) is 4.17. The van der Waals surface area contributed by atoms with Crippen LogP contribution in [0.25, 0.3) is 11.2 Å². The van der Waals surface area contributed by atoms with Gasteiger partial charge in [0.2, 0.25) is 0 Å². The van der Waals surface area contributed by atoms with E-state index < -0.39 is 0 Å². The number of rotatable bonds is 0. The van der Waals surface area contributed by atoms with E-state index in [0.29, 0.717) is 17.0 Å². The molecule has 3 aromatic rings. The van der Waals surface area contributed by atoms with Gasteiger partial charge in [0, 0.05) is 19.4 Å². The molecular weight excluding hydrogens is 226 g/mol. The Hall–Kier alpha value is -2.74. The maximum absolute atomic E-state index is 4.32. The number of aromatic nitrogens is 5. The van der Waals surface area contributed by atoms with Gasteiger partial charge in [-0.05, 0) is 30.0 Å². The molecule has 0 saturated heterocycles. The first kappa shape index (κ1) is 10.4. The monoisotopic (exact) mass is 235 g/mol. The Bertz CT molecular complexity index is 763. The summed E-state index contributed by atoms with van der Waals surface area (Å²) in [6.07, 6.45) is 5.17. The van der Waals surface area contributed by atoms with Gasteiger partial charge in [-0.1, -0.05) is 0 Å². The third-order valence-electron chi connectivity index (χ3n) is 2.35. The Morgan fingerprint density at radius 2 is 2.00 bits per heavy atom. The lowest BCUT2D eigenvalue weighted by molar-refractivity contribution is 0.764. The molecule has 0 fully saturated rings. The lowest BCUT2D eigenvalue weighted by Gasteiger charge is -1.94. The molecule has 0 atom stereocenters. The average molecular weight is 235 g/mol. The number of hydrogen-bond donors (Lipinski definition) is 0. The summed E-state index contributed by atoms with van der Waals surface area (Å²) in [5.41, 5.74) is 2.67. The van der Waals surface area contributed by atoms with Crippen molar-refractivity contribution in [3.8, 4) is 11.8 Å². The fourth-order valence-electron chi connectivity index (χ4n) is 1.52. The molecule has 0 amide bonds. The van der Waals surface area contributed by atoms with Crippen LogP contribution in [0.3, 0.4) is 0 Å². The Morgan fingerprint density at radius 3 is 2.83 bits per heavy atom. The predicted molar refractivity (Wildman–Crippen MR) is 66.5 cm³/mol. The molecule has 0 radical (unpaired) electrons. The number of fused-ring (bicyclic) bond motifs is 1. The van der Waals surface area contributed by atoms with Crippen LogP contribution in [-0.4, -0.2) is 24.7 Å². The van der Waals surface area contributed by atoms with Gasteiger partial charge < -0.3 is 0 Å². The van der Waals surface area contributed by atoms with Gasteiger partial charge in [0.25, 0.3) is 0 Å². The third-order valence-corrected chi connectivity index (χ3v) is 2.35. The molecule has 0 aliphatic carbocycles. The van der Waals surface area contributed by atoms with Crippen molar-refractivity contribution in [2.24, 2.45) is 7.05 Å². The van der Waals surface area contributed by atoms with Crippen LogP contribution < -0.4 is 0 Å². The van der Waals surface area contributed by atoms with E-state index in [-0.39, 0.29) is 0 Å². The summed E-state index contributed by atoms with van der Waals surface area (Å²) in [4.78, 5) is 12.7. The van der Waals surface area contributed by atoms with E-state index in [4.69, 9.17) is 0 Å². The Kier molecular flexibility index (Phi) is 2.47. The molecule has 0 spiro atoms. The molecule has 0 aliphatic rings. The minimum absolute atomic E-state index is 0.590. The zero-order valence-corrected chi connectivity index (χ0v) is 9.70. The highest BCUT2D eigenvalue weighted by atomic mass is 15.2. The van der Waals surface area contributed by atoms with Gasteiger partial charge in [0.1, 0.15) is 16.9 Å². The van der Waals surface area contributed by atoms with Gasteiger partial charge in [0.05, 0.1) is 6.20 Å². The van der Waals surface area contributed by atoms with Crippen LogP contribution >= 0.6 is 0 Å². The van der Waals surface area contributed by atoms with Gasteiger partial charge in [-0.15, -0.1) is 0 Å². The highest BCUT2D eigenvalue weighted by Gasteiger charge is 1.97. The van der Waals surface area contributed by atoms with Gasteiger partial charge in [-0.2, -0.15) is 5.10 Å². The number of nitrogens with zero attached hydrogens (tertiary/aromatic N) is 5. The largest absolute Gasteiger partial charge is 0.275 e. The van der Waals surface area contributed by atoms with Crippen molar-refractivity contribution in [2.45, 2.75) is 0 Å². The normalized spacial score (nSPS) is 10.1. The lowest BCUT2D eigenvalue weighted by Crippen LogP contribution is -1.91. The first-order chi connectivity index (χ1) is 8.81. The van der Waals surface area contributed by atoms with Crippen molar-refractivity contribution in [3.05, 3.63) is 48.2 Å². The minimum atomic E-state index is 0.590. The molecule has 3 rings (SSSR count). The molecule has 0 bridgehead atoms. The third kappa shape index (κ3) is 2.04. The van der Waals surface area contributed by atoms with E-state index in [2.05, 4.69) is 31.9 Å². The molecule has 5 heteroatoms. The standard InChI is InChI=1S/C13H9N5/c1-18-8-6-10(17-18)4-5-11-9-15-12-3-2-7-14-13(12)16-11/h2-3,6-9H,1H3. The van der Waals surface area contributed by atoms with E-state index in [9.17, 15) is 0 Å². The van der Waals surface area contributed by atoms with E-state index >= 15 is 0 Å². The molecule has 5 nitrogen and oxygen atoms in total. The molecule has 0 saturated carbocycles. The average Bonchev–Trinajstić information content (AvgIpc) is 2.82. The lowest BCUT2D eigenvalue weighted by atomic mass is 10.3. The second-order valence-corrected chi connectivity index (χ2v) is 3.73. The molecule has 3 aromatic heterocycles. The highest BCUT2D eigenvalue weighted by molar-refractivity contribution is 5.69. The minimum Gasteiger partial charge on any atom is -0.275 e. The topological polar surface area (TPSA) is 56.5 Å².